The van der Waals surface area contributed by atoms with E-state index in [1.54, 1.807) is 18.2 Å². The fourth-order valence-electron chi connectivity index (χ4n) is 2.74. The number of phenols is 1. The molecule has 0 spiro atoms. The number of imidazole rings is 1. The quantitative estimate of drug-likeness (QED) is 0.620. The highest BCUT2D eigenvalue weighted by Gasteiger charge is 2.18. The molecular formula is C18H15FN4O2. The number of rotatable bonds is 3. The predicted molar refractivity (Wildman–Crippen MR) is 89.6 cm³/mol. The molecule has 0 bridgehead atoms. The van der Waals surface area contributed by atoms with Gasteiger partial charge >= 0.3 is 0 Å². The highest BCUT2D eigenvalue weighted by atomic mass is 19.1. The van der Waals surface area contributed by atoms with Gasteiger partial charge in [-0.05, 0) is 36.8 Å². The molecule has 0 atom stereocenters. The Morgan fingerprint density at radius 1 is 1.12 bits per heavy atom. The molecule has 4 aromatic rings. The molecule has 1 N–H and O–H groups in total. The van der Waals surface area contributed by atoms with Crippen LogP contribution in [0.3, 0.4) is 0 Å². The van der Waals surface area contributed by atoms with Crippen LogP contribution in [0.1, 0.15) is 17.3 Å². The molecule has 0 aliphatic carbocycles. The van der Waals surface area contributed by atoms with Gasteiger partial charge in [-0.1, -0.05) is 12.1 Å². The molecule has 0 aliphatic heterocycles. The zero-order chi connectivity index (χ0) is 17.6. The maximum absolute atomic E-state index is 13.0. The third-order valence-electron chi connectivity index (χ3n) is 4.22. The second kappa shape index (κ2) is 5.70. The largest absolute Gasteiger partial charge is 0.505 e. The Morgan fingerprint density at radius 2 is 1.88 bits per heavy atom. The third kappa shape index (κ3) is 2.63. The van der Waals surface area contributed by atoms with E-state index in [1.165, 1.54) is 12.1 Å². The van der Waals surface area contributed by atoms with Crippen LogP contribution < -0.4 is 0 Å². The molecule has 0 amide bonds. The van der Waals surface area contributed by atoms with Crippen molar-refractivity contribution in [3.8, 4) is 17.2 Å². The van der Waals surface area contributed by atoms with Gasteiger partial charge in [0.2, 0.25) is 5.89 Å². The Kier molecular flexibility index (Phi) is 3.49. The molecule has 0 saturated carbocycles. The van der Waals surface area contributed by atoms with E-state index in [-0.39, 0.29) is 17.5 Å². The van der Waals surface area contributed by atoms with Crippen LogP contribution in [-0.2, 0) is 13.5 Å². The molecule has 4 rings (SSSR count). The van der Waals surface area contributed by atoms with E-state index in [4.69, 9.17) is 4.42 Å². The second-order valence-corrected chi connectivity index (χ2v) is 5.85. The van der Waals surface area contributed by atoms with E-state index in [2.05, 4.69) is 15.2 Å². The van der Waals surface area contributed by atoms with Crippen LogP contribution in [-0.4, -0.2) is 24.9 Å². The van der Waals surface area contributed by atoms with E-state index in [0.29, 0.717) is 23.4 Å². The second-order valence-electron chi connectivity index (χ2n) is 5.85. The minimum Gasteiger partial charge on any atom is -0.505 e. The van der Waals surface area contributed by atoms with E-state index < -0.39 is 0 Å². The first kappa shape index (κ1) is 15.3. The molecule has 6 nitrogen and oxygen atoms in total. The van der Waals surface area contributed by atoms with E-state index in [0.717, 1.165) is 16.9 Å². The third-order valence-corrected chi connectivity index (χ3v) is 4.22. The van der Waals surface area contributed by atoms with Crippen molar-refractivity contribution in [2.45, 2.75) is 13.3 Å². The molecule has 0 saturated heterocycles. The average Bonchev–Trinajstić information content (AvgIpc) is 3.17. The summed E-state index contributed by atoms with van der Waals surface area (Å²) < 4.78 is 20.5. The minimum atomic E-state index is -0.293. The first-order valence-electron chi connectivity index (χ1n) is 7.75. The van der Waals surface area contributed by atoms with Crippen molar-refractivity contribution in [2.75, 3.05) is 0 Å². The maximum atomic E-state index is 13.0. The van der Waals surface area contributed by atoms with Gasteiger partial charge in [-0.25, -0.2) is 9.37 Å². The standard InChI is InChI=1S/C18H15FN4O2/c1-10-20-16-14(23(10)2)8-7-13(17(16)24)18-22-21-15(25-18)9-11-3-5-12(19)6-4-11/h3-8,24H,9H2,1-2H3. The summed E-state index contributed by atoms with van der Waals surface area (Å²) in [5.41, 5.74) is 2.61. The van der Waals surface area contributed by atoms with Crippen molar-refractivity contribution in [1.82, 2.24) is 19.7 Å². The molecule has 0 fully saturated rings. The molecule has 0 radical (unpaired) electrons. The first-order chi connectivity index (χ1) is 12.0. The summed E-state index contributed by atoms with van der Waals surface area (Å²) in [6.07, 6.45) is 0.388. The lowest BCUT2D eigenvalue weighted by Gasteiger charge is -2.01. The highest BCUT2D eigenvalue weighted by molar-refractivity contribution is 5.89. The van der Waals surface area contributed by atoms with Crippen LogP contribution in [0, 0.1) is 12.7 Å². The van der Waals surface area contributed by atoms with E-state index >= 15 is 0 Å². The minimum absolute atomic E-state index is 0.0122. The molecule has 0 unspecified atom stereocenters. The molecule has 0 aliphatic rings. The smallest absolute Gasteiger partial charge is 0.251 e. The Balaban J connectivity index is 1.69. The summed E-state index contributed by atoms with van der Waals surface area (Å²) in [4.78, 5) is 4.37. The molecule has 2 heterocycles. The number of aromatic hydroxyl groups is 1. The molecule has 126 valence electrons. The van der Waals surface area contributed by atoms with Crippen molar-refractivity contribution >= 4 is 11.0 Å². The zero-order valence-corrected chi connectivity index (χ0v) is 13.7. The maximum Gasteiger partial charge on any atom is 0.251 e. The first-order valence-corrected chi connectivity index (χ1v) is 7.75. The lowest BCUT2D eigenvalue weighted by molar-refractivity contribution is 0.474. The summed E-state index contributed by atoms with van der Waals surface area (Å²) in [6, 6.07) is 9.69. The van der Waals surface area contributed by atoms with Gasteiger partial charge in [0.25, 0.3) is 5.89 Å². The lowest BCUT2D eigenvalue weighted by atomic mass is 10.1. The van der Waals surface area contributed by atoms with Crippen LogP contribution in [0.25, 0.3) is 22.5 Å². The fraction of sp³-hybridized carbons (Fsp3) is 0.167. The van der Waals surface area contributed by atoms with Crippen molar-refractivity contribution in [2.24, 2.45) is 7.05 Å². The summed E-state index contributed by atoms with van der Waals surface area (Å²) >= 11 is 0. The van der Waals surface area contributed by atoms with Crippen LogP contribution in [0.15, 0.2) is 40.8 Å². The molecule has 2 aromatic carbocycles. The van der Waals surface area contributed by atoms with Crippen molar-refractivity contribution in [3.05, 3.63) is 59.5 Å². The number of benzene rings is 2. The van der Waals surface area contributed by atoms with Gasteiger partial charge in [0, 0.05) is 7.05 Å². The Morgan fingerprint density at radius 3 is 2.64 bits per heavy atom. The number of aromatic nitrogens is 4. The van der Waals surface area contributed by atoms with Crippen LogP contribution in [0.5, 0.6) is 5.75 Å². The lowest BCUT2D eigenvalue weighted by Crippen LogP contribution is -1.89. The summed E-state index contributed by atoms with van der Waals surface area (Å²) in [5, 5.41) is 18.5. The highest BCUT2D eigenvalue weighted by Crippen LogP contribution is 2.35. The topological polar surface area (TPSA) is 77.0 Å². The van der Waals surface area contributed by atoms with Gasteiger partial charge in [0.05, 0.1) is 17.5 Å². The van der Waals surface area contributed by atoms with Crippen LogP contribution >= 0.6 is 0 Å². The molecule has 7 heteroatoms. The number of fused-ring (bicyclic) bond motifs is 1. The monoisotopic (exact) mass is 338 g/mol. The Bertz CT molecular complexity index is 1070. The van der Waals surface area contributed by atoms with E-state index in [1.807, 2.05) is 24.6 Å². The normalized spacial score (nSPS) is 11.3. The number of aryl methyl sites for hydroxylation is 2. The van der Waals surface area contributed by atoms with Gasteiger partial charge in [0.15, 0.2) is 5.75 Å². The molecular weight excluding hydrogens is 323 g/mol. The number of hydrogen-bond donors (Lipinski definition) is 1. The summed E-state index contributed by atoms with van der Waals surface area (Å²) in [5.74, 6) is 1.13. The fourth-order valence-corrected chi connectivity index (χ4v) is 2.74. The van der Waals surface area contributed by atoms with Crippen molar-refractivity contribution < 1.29 is 13.9 Å². The van der Waals surface area contributed by atoms with Crippen molar-refractivity contribution in [3.63, 3.8) is 0 Å². The van der Waals surface area contributed by atoms with Crippen molar-refractivity contribution in [1.29, 1.82) is 0 Å². The van der Waals surface area contributed by atoms with E-state index in [9.17, 15) is 9.50 Å². The summed E-state index contributed by atoms with van der Waals surface area (Å²) in [7, 11) is 1.89. The molecule has 2 aromatic heterocycles. The Labute approximate surface area is 142 Å². The number of hydrogen-bond acceptors (Lipinski definition) is 5. The Hall–Kier alpha value is -3.22. The van der Waals surface area contributed by atoms with Crippen LogP contribution in [0.2, 0.25) is 0 Å². The van der Waals surface area contributed by atoms with Gasteiger partial charge in [-0.2, -0.15) is 0 Å². The SMILES string of the molecule is Cc1nc2c(O)c(-c3nnc(Cc4ccc(F)cc4)o3)ccc2n1C. The van der Waals surface area contributed by atoms with Gasteiger partial charge < -0.3 is 14.1 Å². The number of phenolic OH excluding ortho intramolecular Hbond substituents is 1. The van der Waals surface area contributed by atoms with Gasteiger partial charge in [0.1, 0.15) is 17.2 Å². The zero-order valence-electron chi connectivity index (χ0n) is 13.7. The molecule has 25 heavy (non-hydrogen) atoms. The predicted octanol–water partition coefficient (Wildman–Crippen LogP) is 3.37. The average molecular weight is 338 g/mol. The number of halogens is 1. The summed E-state index contributed by atoms with van der Waals surface area (Å²) in [6.45, 7) is 1.87. The van der Waals surface area contributed by atoms with Gasteiger partial charge in [-0.3, -0.25) is 0 Å². The van der Waals surface area contributed by atoms with Gasteiger partial charge in [-0.15, -0.1) is 10.2 Å². The van der Waals surface area contributed by atoms with Crippen LogP contribution in [0.4, 0.5) is 4.39 Å². The number of nitrogens with zero attached hydrogens (tertiary/aromatic N) is 4.